The van der Waals surface area contributed by atoms with Crippen LogP contribution in [0.2, 0.25) is 0 Å². The van der Waals surface area contributed by atoms with Crippen LogP contribution < -0.4 is 10.6 Å². The Morgan fingerprint density at radius 3 is 2.59 bits per heavy atom. The average molecular weight is 428 g/mol. The second kappa shape index (κ2) is 10.6. The Hall–Kier alpha value is -2.13. The van der Waals surface area contributed by atoms with Gasteiger partial charge in [0.2, 0.25) is 0 Å². The van der Waals surface area contributed by atoms with Crippen molar-refractivity contribution in [2.24, 2.45) is 0 Å². The molecule has 160 valence electrons. The average Bonchev–Trinajstić information content (AvgIpc) is 3.00. The maximum absolute atomic E-state index is 12.9. The quantitative estimate of drug-likeness (QED) is 0.462. The highest BCUT2D eigenvalue weighted by atomic mass is 32.1. The zero-order valence-corrected chi connectivity index (χ0v) is 17.8. The highest BCUT2D eigenvalue weighted by Gasteiger charge is 2.30. The third-order valence-corrected chi connectivity index (χ3v) is 4.89. The summed E-state index contributed by atoms with van der Waals surface area (Å²) in [7, 11) is 0. The van der Waals surface area contributed by atoms with Crippen molar-refractivity contribution >= 4 is 23.1 Å². The molecule has 0 aliphatic carbocycles. The molecule has 0 amide bonds. The Labute approximate surface area is 175 Å². The number of hydrogen-bond donors (Lipinski definition) is 2. The molecule has 1 aromatic heterocycles. The van der Waals surface area contributed by atoms with E-state index in [2.05, 4.69) is 34.5 Å². The van der Waals surface area contributed by atoms with Gasteiger partial charge in [-0.3, -0.25) is 4.68 Å². The summed E-state index contributed by atoms with van der Waals surface area (Å²) < 4.78 is 40.3. The molecule has 0 aliphatic heterocycles. The normalized spacial score (nSPS) is 11.7. The number of nitrogens with zero attached hydrogens (tertiary/aromatic N) is 3. The van der Waals surface area contributed by atoms with Gasteiger partial charge in [0.05, 0.1) is 12.1 Å². The van der Waals surface area contributed by atoms with Crippen LogP contribution in [0.15, 0.2) is 30.3 Å². The number of aromatic nitrogens is 2. The number of rotatable bonds is 9. The topological polar surface area (TPSA) is 45.1 Å². The third-order valence-electron chi connectivity index (χ3n) is 4.64. The molecule has 1 heterocycles. The van der Waals surface area contributed by atoms with Crippen molar-refractivity contribution in [3.63, 3.8) is 0 Å². The van der Waals surface area contributed by atoms with Crippen LogP contribution in [0.5, 0.6) is 0 Å². The van der Waals surface area contributed by atoms with Crippen molar-refractivity contribution in [2.75, 3.05) is 31.5 Å². The first-order valence-electron chi connectivity index (χ1n) is 9.70. The molecular formula is C20H28F3N5S. The molecule has 0 spiro atoms. The first kappa shape index (κ1) is 23.2. The summed E-state index contributed by atoms with van der Waals surface area (Å²) in [6.45, 7) is 10.2. The fourth-order valence-electron chi connectivity index (χ4n) is 2.96. The van der Waals surface area contributed by atoms with E-state index in [1.54, 1.807) is 10.7 Å². The van der Waals surface area contributed by atoms with Crippen LogP contribution in [0, 0.1) is 6.92 Å². The summed E-state index contributed by atoms with van der Waals surface area (Å²) >= 11 is 5.30. The lowest BCUT2D eigenvalue weighted by molar-refractivity contribution is -0.137. The molecule has 1 aromatic carbocycles. The Morgan fingerprint density at radius 2 is 1.93 bits per heavy atom. The highest BCUT2D eigenvalue weighted by molar-refractivity contribution is 7.80. The van der Waals surface area contributed by atoms with E-state index in [4.69, 9.17) is 12.2 Å². The first-order chi connectivity index (χ1) is 13.7. The molecule has 2 aromatic rings. The van der Waals surface area contributed by atoms with Gasteiger partial charge in [-0.15, -0.1) is 0 Å². The Bertz CT molecular complexity index is 800. The van der Waals surface area contributed by atoms with Crippen LogP contribution in [-0.2, 0) is 12.7 Å². The van der Waals surface area contributed by atoms with Gasteiger partial charge in [0, 0.05) is 18.3 Å². The number of anilines is 1. The Morgan fingerprint density at radius 1 is 1.21 bits per heavy atom. The smallest absolute Gasteiger partial charge is 0.362 e. The minimum Gasteiger partial charge on any atom is -0.362 e. The zero-order valence-electron chi connectivity index (χ0n) is 17.0. The van der Waals surface area contributed by atoms with Crippen molar-refractivity contribution in [1.82, 2.24) is 20.0 Å². The number of hydrogen-bond acceptors (Lipinski definition) is 3. The van der Waals surface area contributed by atoms with E-state index >= 15 is 0 Å². The van der Waals surface area contributed by atoms with Crippen LogP contribution in [0.3, 0.4) is 0 Å². The predicted molar refractivity (Wildman–Crippen MR) is 114 cm³/mol. The molecule has 0 saturated heterocycles. The number of aryl methyl sites for hydroxylation is 1. The van der Waals surface area contributed by atoms with Crippen LogP contribution in [-0.4, -0.2) is 46.0 Å². The van der Waals surface area contributed by atoms with E-state index in [1.807, 2.05) is 13.0 Å². The van der Waals surface area contributed by atoms with Gasteiger partial charge >= 0.3 is 6.18 Å². The van der Waals surface area contributed by atoms with E-state index in [-0.39, 0.29) is 6.54 Å². The molecule has 0 radical (unpaired) electrons. The molecule has 2 N–H and O–H groups in total. The lowest BCUT2D eigenvalue weighted by Gasteiger charge is -2.18. The lowest BCUT2D eigenvalue weighted by Crippen LogP contribution is -2.32. The van der Waals surface area contributed by atoms with Crippen molar-refractivity contribution < 1.29 is 13.2 Å². The van der Waals surface area contributed by atoms with Gasteiger partial charge in [-0.2, -0.15) is 18.3 Å². The molecule has 0 bridgehead atoms. The minimum atomic E-state index is -4.36. The van der Waals surface area contributed by atoms with Crippen LogP contribution >= 0.6 is 12.2 Å². The van der Waals surface area contributed by atoms with E-state index in [0.29, 0.717) is 16.5 Å². The van der Waals surface area contributed by atoms with Crippen molar-refractivity contribution in [2.45, 2.75) is 39.9 Å². The van der Waals surface area contributed by atoms with Crippen LogP contribution in [0.25, 0.3) is 0 Å². The standard InChI is InChI=1S/C20H28F3N5S/c1-4-27(5-2)11-7-10-24-19(29)25-18-12-15(3)28(26-18)14-16-8-6-9-17(13-16)20(21,22)23/h6,8-9,12-13H,4-5,7,10-11,14H2,1-3H3,(H2,24,25,26,29). The highest BCUT2D eigenvalue weighted by Crippen LogP contribution is 2.29. The molecule has 29 heavy (non-hydrogen) atoms. The van der Waals surface area contributed by atoms with E-state index in [0.717, 1.165) is 50.4 Å². The Kier molecular flexibility index (Phi) is 8.45. The summed E-state index contributed by atoms with van der Waals surface area (Å²) in [5.74, 6) is 0.565. The van der Waals surface area contributed by atoms with E-state index < -0.39 is 11.7 Å². The minimum absolute atomic E-state index is 0.251. The molecule has 0 unspecified atom stereocenters. The van der Waals surface area contributed by atoms with Gasteiger partial charge in [-0.1, -0.05) is 26.0 Å². The monoisotopic (exact) mass is 427 g/mol. The van der Waals surface area contributed by atoms with Crippen molar-refractivity contribution in [1.29, 1.82) is 0 Å². The summed E-state index contributed by atoms with van der Waals surface area (Å²) in [4.78, 5) is 2.34. The van der Waals surface area contributed by atoms with Gasteiger partial charge in [0.15, 0.2) is 10.9 Å². The number of nitrogens with one attached hydrogen (secondary N) is 2. The lowest BCUT2D eigenvalue weighted by atomic mass is 10.1. The zero-order chi connectivity index (χ0) is 21.4. The third kappa shape index (κ3) is 7.32. The Balaban J connectivity index is 1.89. The second-order valence-electron chi connectivity index (χ2n) is 6.79. The van der Waals surface area contributed by atoms with E-state index in [9.17, 15) is 13.2 Å². The second-order valence-corrected chi connectivity index (χ2v) is 7.20. The maximum atomic E-state index is 12.9. The fraction of sp³-hybridized carbons (Fsp3) is 0.500. The van der Waals surface area contributed by atoms with Gasteiger partial charge in [-0.05, 0) is 62.9 Å². The number of halogens is 3. The van der Waals surface area contributed by atoms with E-state index in [1.165, 1.54) is 6.07 Å². The summed E-state index contributed by atoms with van der Waals surface area (Å²) in [5, 5.41) is 11.1. The molecule has 9 heteroatoms. The van der Waals surface area contributed by atoms with Gasteiger partial charge in [0.25, 0.3) is 0 Å². The summed E-state index contributed by atoms with van der Waals surface area (Å²) in [6.07, 6.45) is -3.38. The summed E-state index contributed by atoms with van der Waals surface area (Å²) in [6, 6.07) is 7.10. The van der Waals surface area contributed by atoms with Crippen molar-refractivity contribution in [3.8, 4) is 0 Å². The van der Waals surface area contributed by atoms with Crippen molar-refractivity contribution in [3.05, 3.63) is 47.2 Å². The fourth-order valence-corrected chi connectivity index (χ4v) is 3.16. The molecule has 0 fully saturated rings. The molecule has 0 atom stereocenters. The number of alkyl halides is 3. The number of thiocarbonyl (C=S) groups is 1. The number of benzene rings is 1. The molecule has 0 aliphatic rings. The maximum Gasteiger partial charge on any atom is 0.416 e. The molecule has 0 saturated carbocycles. The largest absolute Gasteiger partial charge is 0.416 e. The molecule has 5 nitrogen and oxygen atoms in total. The van der Waals surface area contributed by atoms with Gasteiger partial charge in [-0.25, -0.2) is 0 Å². The van der Waals surface area contributed by atoms with Gasteiger partial charge in [0.1, 0.15) is 0 Å². The van der Waals surface area contributed by atoms with Crippen LogP contribution in [0.1, 0.15) is 37.1 Å². The molecule has 2 rings (SSSR count). The summed E-state index contributed by atoms with van der Waals surface area (Å²) in [5.41, 5.74) is 0.706. The first-order valence-corrected chi connectivity index (χ1v) is 10.1. The van der Waals surface area contributed by atoms with Crippen LogP contribution in [0.4, 0.5) is 19.0 Å². The van der Waals surface area contributed by atoms with Gasteiger partial charge < -0.3 is 15.5 Å². The predicted octanol–water partition coefficient (Wildman–Crippen LogP) is 4.28. The SMILES string of the molecule is CCN(CC)CCCNC(=S)Nc1cc(C)n(Cc2cccc(C(F)(F)F)c2)n1. The molecular weight excluding hydrogens is 399 g/mol.